The molecular formula is C20H20Cl3N3O4. The number of aromatic amines is 1. The van der Waals surface area contributed by atoms with Gasteiger partial charge in [0.25, 0.3) is 0 Å². The molecule has 2 N–H and O–H groups in total. The molecule has 2 aromatic carbocycles. The van der Waals surface area contributed by atoms with Crippen molar-refractivity contribution in [3.63, 3.8) is 0 Å². The molecule has 30 heavy (non-hydrogen) atoms. The molecular weight excluding hydrogens is 453 g/mol. The van der Waals surface area contributed by atoms with Gasteiger partial charge in [0.05, 0.1) is 29.4 Å². The lowest BCUT2D eigenvalue weighted by Crippen LogP contribution is -2.29. The van der Waals surface area contributed by atoms with Crippen LogP contribution in [0.3, 0.4) is 0 Å². The van der Waals surface area contributed by atoms with Crippen molar-refractivity contribution in [3.8, 4) is 17.1 Å². The monoisotopic (exact) mass is 471 g/mol. The van der Waals surface area contributed by atoms with Crippen LogP contribution in [-0.4, -0.2) is 36.4 Å². The molecule has 1 aliphatic rings. The second-order valence-electron chi connectivity index (χ2n) is 6.71. The SMILES string of the molecule is Cl.O=c1[nH]c(-c2cccc(OC[C@@H]3CNCCO[C@H]3c3ccc(Cl)c(Cl)c3)c2)no1. The summed E-state index contributed by atoms with van der Waals surface area (Å²) in [5.74, 6) is 0.472. The van der Waals surface area contributed by atoms with Gasteiger partial charge in [0.2, 0.25) is 0 Å². The van der Waals surface area contributed by atoms with E-state index >= 15 is 0 Å². The Morgan fingerprint density at radius 1 is 1.17 bits per heavy atom. The molecule has 1 saturated heterocycles. The van der Waals surface area contributed by atoms with Crippen molar-refractivity contribution in [3.05, 3.63) is 68.6 Å². The van der Waals surface area contributed by atoms with E-state index in [0.717, 1.165) is 18.7 Å². The van der Waals surface area contributed by atoms with Gasteiger partial charge in [-0.25, -0.2) is 4.79 Å². The van der Waals surface area contributed by atoms with Crippen LogP contribution in [0.15, 0.2) is 51.8 Å². The molecule has 160 valence electrons. The molecule has 1 aliphatic heterocycles. The molecule has 0 bridgehead atoms. The van der Waals surface area contributed by atoms with Gasteiger partial charge in [-0.15, -0.1) is 12.4 Å². The summed E-state index contributed by atoms with van der Waals surface area (Å²) in [4.78, 5) is 13.7. The number of hydrogen-bond acceptors (Lipinski definition) is 6. The first-order chi connectivity index (χ1) is 14.1. The lowest BCUT2D eigenvalue weighted by Gasteiger charge is -2.25. The van der Waals surface area contributed by atoms with Crippen LogP contribution in [-0.2, 0) is 4.74 Å². The molecule has 2 heterocycles. The number of benzene rings is 2. The van der Waals surface area contributed by atoms with E-state index in [0.29, 0.717) is 40.4 Å². The third-order valence-electron chi connectivity index (χ3n) is 4.69. The average Bonchev–Trinajstić information content (AvgIpc) is 3.02. The van der Waals surface area contributed by atoms with Gasteiger partial charge in [0.1, 0.15) is 5.75 Å². The Kier molecular flexibility index (Phi) is 7.80. The van der Waals surface area contributed by atoms with Crippen molar-refractivity contribution in [1.29, 1.82) is 0 Å². The summed E-state index contributed by atoms with van der Waals surface area (Å²) in [5, 5.41) is 8.09. The first-order valence-corrected chi connectivity index (χ1v) is 9.92. The number of nitrogens with zero attached hydrogens (tertiary/aromatic N) is 1. The van der Waals surface area contributed by atoms with Gasteiger partial charge >= 0.3 is 5.76 Å². The Bertz CT molecular complexity index is 1040. The van der Waals surface area contributed by atoms with Gasteiger partial charge in [-0.05, 0) is 29.8 Å². The Morgan fingerprint density at radius 2 is 2.03 bits per heavy atom. The largest absolute Gasteiger partial charge is 0.493 e. The molecule has 2 atom stereocenters. The average molecular weight is 473 g/mol. The Morgan fingerprint density at radius 3 is 2.80 bits per heavy atom. The molecule has 0 spiro atoms. The van der Waals surface area contributed by atoms with E-state index < -0.39 is 5.76 Å². The molecule has 0 aliphatic carbocycles. The van der Waals surface area contributed by atoms with Gasteiger partial charge in [0.15, 0.2) is 5.82 Å². The van der Waals surface area contributed by atoms with E-state index in [-0.39, 0.29) is 24.4 Å². The highest BCUT2D eigenvalue weighted by molar-refractivity contribution is 6.42. The van der Waals surface area contributed by atoms with Crippen molar-refractivity contribution >= 4 is 35.6 Å². The minimum absolute atomic E-state index is 0. The molecule has 1 fully saturated rings. The second kappa shape index (κ2) is 10.3. The lowest BCUT2D eigenvalue weighted by atomic mass is 9.96. The van der Waals surface area contributed by atoms with E-state index in [1.54, 1.807) is 12.1 Å². The molecule has 1 aromatic heterocycles. The molecule has 4 rings (SSSR count). The zero-order valence-electron chi connectivity index (χ0n) is 15.8. The molecule has 3 aromatic rings. The second-order valence-corrected chi connectivity index (χ2v) is 7.53. The van der Waals surface area contributed by atoms with Gasteiger partial charge in [0, 0.05) is 24.6 Å². The first-order valence-electron chi connectivity index (χ1n) is 9.16. The van der Waals surface area contributed by atoms with Crippen LogP contribution in [0.25, 0.3) is 11.4 Å². The maximum atomic E-state index is 11.2. The third kappa shape index (κ3) is 5.36. The Balaban J connectivity index is 0.00000256. The fourth-order valence-electron chi connectivity index (χ4n) is 3.28. The molecule has 10 heteroatoms. The quantitative estimate of drug-likeness (QED) is 0.581. The summed E-state index contributed by atoms with van der Waals surface area (Å²) >= 11 is 12.3. The Hall–Kier alpha value is -2.03. The van der Waals surface area contributed by atoms with Gasteiger partial charge in [-0.2, -0.15) is 0 Å². The van der Waals surface area contributed by atoms with E-state index in [4.69, 9.17) is 32.7 Å². The fourth-order valence-corrected chi connectivity index (χ4v) is 3.59. The summed E-state index contributed by atoms with van der Waals surface area (Å²) in [6, 6.07) is 12.8. The van der Waals surface area contributed by atoms with Gasteiger partial charge in [-0.1, -0.05) is 46.6 Å². The van der Waals surface area contributed by atoms with Crippen LogP contribution >= 0.6 is 35.6 Å². The van der Waals surface area contributed by atoms with Crippen LogP contribution < -0.4 is 15.8 Å². The zero-order valence-corrected chi connectivity index (χ0v) is 18.1. The minimum Gasteiger partial charge on any atom is -0.493 e. The standard InChI is InChI=1S/C20H19Cl2N3O4.ClH/c21-16-5-4-12(9-17(16)22)18-14(10-23-6-7-27-18)11-28-15-3-1-2-13(8-15)19-24-20(26)29-25-19;/h1-5,8-9,14,18,23H,6-7,10-11H2,(H,24,25,26);1H/t14-,18-;/m0./s1. The number of H-pyrrole nitrogens is 1. The van der Waals surface area contributed by atoms with Crippen LogP contribution in [0.2, 0.25) is 10.0 Å². The summed E-state index contributed by atoms with van der Waals surface area (Å²) in [5.41, 5.74) is 1.66. The van der Waals surface area contributed by atoms with E-state index in [1.165, 1.54) is 0 Å². The van der Waals surface area contributed by atoms with Crippen LogP contribution in [0.1, 0.15) is 11.7 Å². The molecule has 0 amide bonds. The third-order valence-corrected chi connectivity index (χ3v) is 5.43. The first kappa shape index (κ1) is 22.7. The fraction of sp³-hybridized carbons (Fsp3) is 0.300. The van der Waals surface area contributed by atoms with E-state index in [9.17, 15) is 4.79 Å². The molecule has 0 unspecified atom stereocenters. The van der Waals surface area contributed by atoms with Crippen molar-refractivity contribution in [2.24, 2.45) is 5.92 Å². The van der Waals surface area contributed by atoms with Crippen LogP contribution in [0.5, 0.6) is 5.75 Å². The maximum Gasteiger partial charge on any atom is 0.439 e. The number of hydrogen-bond donors (Lipinski definition) is 2. The number of nitrogens with one attached hydrogen (secondary N) is 2. The van der Waals surface area contributed by atoms with E-state index in [1.807, 2.05) is 30.3 Å². The number of rotatable bonds is 5. The number of ether oxygens (including phenoxy) is 2. The summed E-state index contributed by atoms with van der Waals surface area (Å²) < 4.78 is 16.7. The summed E-state index contributed by atoms with van der Waals surface area (Å²) in [6.45, 7) is 2.53. The number of halogens is 3. The molecule has 0 radical (unpaired) electrons. The van der Waals surface area contributed by atoms with Crippen LogP contribution in [0, 0.1) is 5.92 Å². The van der Waals surface area contributed by atoms with Crippen molar-refractivity contribution in [2.45, 2.75) is 6.10 Å². The molecule has 7 nitrogen and oxygen atoms in total. The minimum atomic E-state index is -0.600. The topological polar surface area (TPSA) is 89.4 Å². The zero-order chi connectivity index (χ0) is 20.2. The van der Waals surface area contributed by atoms with Crippen molar-refractivity contribution in [1.82, 2.24) is 15.5 Å². The summed E-state index contributed by atoms with van der Waals surface area (Å²) in [7, 11) is 0. The molecule has 0 saturated carbocycles. The number of aromatic nitrogens is 2. The highest BCUT2D eigenvalue weighted by Gasteiger charge is 2.27. The van der Waals surface area contributed by atoms with Gasteiger partial charge in [-0.3, -0.25) is 9.51 Å². The van der Waals surface area contributed by atoms with E-state index in [2.05, 4.69) is 20.0 Å². The highest BCUT2D eigenvalue weighted by atomic mass is 35.5. The smallest absolute Gasteiger partial charge is 0.439 e. The Labute approximate surface area is 189 Å². The van der Waals surface area contributed by atoms with Gasteiger partial charge < -0.3 is 14.8 Å². The van der Waals surface area contributed by atoms with Crippen LogP contribution in [0.4, 0.5) is 0 Å². The highest BCUT2D eigenvalue weighted by Crippen LogP contribution is 2.32. The summed E-state index contributed by atoms with van der Waals surface area (Å²) in [6.07, 6.45) is -0.171. The predicted octanol–water partition coefficient (Wildman–Crippen LogP) is 4.11. The normalized spacial score (nSPS) is 19.0. The predicted molar refractivity (Wildman–Crippen MR) is 117 cm³/mol. The van der Waals surface area contributed by atoms with Crippen molar-refractivity contribution in [2.75, 3.05) is 26.3 Å². The van der Waals surface area contributed by atoms with Crippen molar-refractivity contribution < 1.29 is 14.0 Å². The maximum absolute atomic E-state index is 11.2. The lowest BCUT2D eigenvalue weighted by molar-refractivity contribution is 0.0153.